The number of ether oxygens (including phenoxy) is 1. The molecule has 2 amide bonds. The van der Waals surface area contributed by atoms with Crippen LogP contribution in [0.25, 0.3) is 0 Å². The molecule has 0 aliphatic rings. The molecule has 0 saturated carbocycles. The van der Waals surface area contributed by atoms with Crippen molar-refractivity contribution in [2.24, 2.45) is 0 Å². The summed E-state index contributed by atoms with van der Waals surface area (Å²) in [6, 6.07) is 10.4. The summed E-state index contributed by atoms with van der Waals surface area (Å²) in [5.74, 6) is -1.15. The molecule has 0 spiro atoms. The van der Waals surface area contributed by atoms with Crippen LogP contribution in [0.4, 0.5) is 11.4 Å². The number of aromatic nitrogens is 3. The van der Waals surface area contributed by atoms with Gasteiger partial charge in [0, 0.05) is 11.4 Å². The maximum atomic E-state index is 12.8. The number of anilines is 2. The zero-order valence-electron chi connectivity index (χ0n) is 19.4. The molecule has 9 heteroatoms. The monoisotopic (exact) mass is 449 g/mol. The van der Waals surface area contributed by atoms with Gasteiger partial charge in [-0.3, -0.25) is 9.59 Å². The van der Waals surface area contributed by atoms with Gasteiger partial charge in [-0.05, 0) is 70.0 Å². The van der Waals surface area contributed by atoms with Gasteiger partial charge >= 0.3 is 5.97 Å². The minimum atomic E-state index is -0.421. The first kappa shape index (κ1) is 23.6. The molecule has 0 radical (unpaired) electrons. The summed E-state index contributed by atoms with van der Waals surface area (Å²) in [5, 5.41) is 13.6. The van der Waals surface area contributed by atoms with Crippen LogP contribution in [-0.2, 0) is 16.1 Å². The second kappa shape index (κ2) is 10.1. The van der Waals surface area contributed by atoms with Crippen LogP contribution in [0.1, 0.15) is 50.2 Å². The number of carbonyl (C=O) groups excluding carboxylic acids is 3. The molecule has 1 heterocycles. The Balaban J connectivity index is 1.65. The number of esters is 1. The molecule has 172 valence electrons. The van der Waals surface area contributed by atoms with Crippen molar-refractivity contribution in [3.63, 3.8) is 0 Å². The van der Waals surface area contributed by atoms with E-state index in [4.69, 9.17) is 4.74 Å². The van der Waals surface area contributed by atoms with Gasteiger partial charge in [-0.25, -0.2) is 9.48 Å². The van der Waals surface area contributed by atoms with Crippen LogP contribution in [0, 0.1) is 27.7 Å². The highest BCUT2D eigenvalue weighted by atomic mass is 16.5. The van der Waals surface area contributed by atoms with Crippen LogP contribution in [0.2, 0.25) is 0 Å². The topological polar surface area (TPSA) is 115 Å². The molecule has 0 fully saturated rings. The fraction of sp³-hybridized carbons (Fsp3) is 0.292. The smallest absolute Gasteiger partial charge is 0.338 e. The number of carbonyl (C=O) groups is 3. The molecule has 0 aliphatic carbocycles. The van der Waals surface area contributed by atoms with Crippen LogP contribution < -0.4 is 10.6 Å². The van der Waals surface area contributed by atoms with Crippen molar-refractivity contribution in [3.05, 3.63) is 70.0 Å². The molecule has 0 bridgehead atoms. The van der Waals surface area contributed by atoms with Gasteiger partial charge in [-0.1, -0.05) is 22.9 Å². The van der Waals surface area contributed by atoms with Gasteiger partial charge in [0.1, 0.15) is 6.54 Å². The van der Waals surface area contributed by atoms with Gasteiger partial charge in [-0.2, -0.15) is 0 Å². The lowest BCUT2D eigenvalue weighted by atomic mass is 10.0. The lowest BCUT2D eigenvalue weighted by Crippen LogP contribution is -2.21. The first-order chi connectivity index (χ1) is 15.7. The minimum Gasteiger partial charge on any atom is -0.462 e. The lowest BCUT2D eigenvalue weighted by molar-refractivity contribution is -0.117. The van der Waals surface area contributed by atoms with Crippen LogP contribution in [0.5, 0.6) is 0 Å². The highest BCUT2D eigenvalue weighted by molar-refractivity contribution is 6.04. The van der Waals surface area contributed by atoms with E-state index in [0.29, 0.717) is 23.6 Å². The Bertz CT molecular complexity index is 1180. The van der Waals surface area contributed by atoms with Gasteiger partial charge < -0.3 is 15.4 Å². The minimum absolute atomic E-state index is 0.117. The summed E-state index contributed by atoms with van der Waals surface area (Å²) in [4.78, 5) is 37.0. The number of nitrogens with zero attached hydrogens (tertiary/aromatic N) is 3. The molecule has 2 aromatic carbocycles. The zero-order valence-corrected chi connectivity index (χ0v) is 19.4. The molecule has 3 aromatic rings. The maximum Gasteiger partial charge on any atom is 0.338 e. The third-order valence-corrected chi connectivity index (χ3v) is 5.09. The summed E-state index contributed by atoms with van der Waals surface area (Å²) in [5.41, 5.74) is 5.32. The van der Waals surface area contributed by atoms with Crippen LogP contribution in [0.15, 0.2) is 36.4 Å². The molecular weight excluding hydrogens is 422 g/mol. The van der Waals surface area contributed by atoms with Crippen LogP contribution >= 0.6 is 0 Å². The average molecular weight is 450 g/mol. The predicted molar refractivity (Wildman–Crippen MR) is 124 cm³/mol. The largest absolute Gasteiger partial charge is 0.462 e. The van der Waals surface area contributed by atoms with Gasteiger partial charge in [0.25, 0.3) is 5.91 Å². The third kappa shape index (κ3) is 5.62. The highest BCUT2D eigenvalue weighted by Gasteiger charge is 2.19. The van der Waals surface area contributed by atoms with Crippen molar-refractivity contribution in [2.45, 2.75) is 41.2 Å². The highest BCUT2D eigenvalue weighted by Crippen LogP contribution is 2.22. The van der Waals surface area contributed by atoms with E-state index < -0.39 is 5.97 Å². The number of amides is 2. The van der Waals surface area contributed by atoms with E-state index in [0.717, 1.165) is 22.4 Å². The summed E-state index contributed by atoms with van der Waals surface area (Å²) in [6.45, 7) is 9.46. The molecule has 0 aliphatic heterocycles. The van der Waals surface area contributed by atoms with E-state index in [9.17, 15) is 14.4 Å². The summed E-state index contributed by atoms with van der Waals surface area (Å²) < 4.78 is 6.31. The second-order valence-electron chi connectivity index (χ2n) is 7.75. The average Bonchev–Trinajstić information content (AvgIpc) is 3.11. The van der Waals surface area contributed by atoms with E-state index in [1.807, 2.05) is 32.9 Å². The Morgan fingerprint density at radius 1 is 0.970 bits per heavy atom. The molecule has 33 heavy (non-hydrogen) atoms. The van der Waals surface area contributed by atoms with Crippen molar-refractivity contribution in [1.82, 2.24) is 15.0 Å². The molecular formula is C24H27N5O4. The number of hydrogen-bond donors (Lipinski definition) is 2. The Labute approximate surface area is 192 Å². The Hall–Kier alpha value is -4.01. The Kier molecular flexibility index (Phi) is 7.22. The quantitative estimate of drug-likeness (QED) is 0.533. The molecule has 1 aromatic heterocycles. The molecule has 3 rings (SSSR count). The summed E-state index contributed by atoms with van der Waals surface area (Å²) in [7, 11) is 0. The molecule has 9 nitrogen and oxygen atoms in total. The molecule has 0 atom stereocenters. The van der Waals surface area contributed by atoms with E-state index in [2.05, 4.69) is 20.9 Å². The zero-order chi connectivity index (χ0) is 24.1. The van der Waals surface area contributed by atoms with Crippen molar-refractivity contribution >= 4 is 29.2 Å². The van der Waals surface area contributed by atoms with E-state index in [1.165, 1.54) is 4.68 Å². The lowest BCUT2D eigenvalue weighted by Gasteiger charge is -2.12. The number of rotatable bonds is 7. The second-order valence-corrected chi connectivity index (χ2v) is 7.75. The van der Waals surface area contributed by atoms with E-state index in [-0.39, 0.29) is 24.1 Å². The van der Waals surface area contributed by atoms with Gasteiger partial charge in [-0.15, -0.1) is 5.10 Å². The maximum absolute atomic E-state index is 12.8. The molecule has 0 unspecified atom stereocenters. The van der Waals surface area contributed by atoms with Crippen LogP contribution in [0.3, 0.4) is 0 Å². The van der Waals surface area contributed by atoms with Crippen molar-refractivity contribution in [3.8, 4) is 0 Å². The number of hydrogen-bond acceptors (Lipinski definition) is 6. The Morgan fingerprint density at radius 2 is 1.61 bits per heavy atom. The summed E-state index contributed by atoms with van der Waals surface area (Å²) >= 11 is 0. The van der Waals surface area contributed by atoms with E-state index >= 15 is 0 Å². The fourth-order valence-electron chi connectivity index (χ4n) is 3.51. The van der Waals surface area contributed by atoms with Crippen molar-refractivity contribution in [1.29, 1.82) is 0 Å². The third-order valence-electron chi connectivity index (χ3n) is 5.09. The van der Waals surface area contributed by atoms with Gasteiger partial charge in [0.2, 0.25) is 5.91 Å². The normalized spacial score (nSPS) is 10.6. The fourth-order valence-corrected chi connectivity index (χ4v) is 3.51. The van der Waals surface area contributed by atoms with Crippen LogP contribution in [-0.4, -0.2) is 39.4 Å². The van der Waals surface area contributed by atoms with Gasteiger partial charge in [0.15, 0.2) is 5.69 Å². The van der Waals surface area contributed by atoms with Crippen molar-refractivity contribution in [2.75, 3.05) is 17.2 Å². The number of aryl methyl sites for hydroxylation is 3. The standard InChI is InChI=1S/C24H27N5O4/c1-6-33-24(32)18-7-9-19(10-8-18)25-20(30)13-29-17(5)22(27-28-29)23(31)26-21-15(3)11-14(2)12-16(21)4/h7-12H,6,13H2,1-5H3,(H,25,30)(H,26,31). The SMILES string of the molecule is CCOC(=O)c1ccc(NC(=O)Cn2nnc(C(=O)Nc3c(C)cc(C)cc3C)c2C)cc1. The summed E-state index contributed by atoms with van der Waals surface area (Å²) in [6.07, 6.45) is 0. The predicted octanol–water partition coefficient (Wildman–Crippen LogP) is 3.58. The Morgan fingerprint density at radius 3 is 2.21 bits per heavy atom. The first-order valence-electron chi connectivity index (χ1n) is 10.6. The number of nitrogens with one attached hydrogen (secondary N) is 2. The molecule has 2 N–H and O–H groups in total. The van der Waals surface area contributed by atoms with Gasteiger partial charge in [0.05, 0.1) is 17.9 Å². The van der Waals surface area contributed by atoms with Crippen molar-refractivity contribution < 1.29 is 19.1 Å². The first-order valence-corrected chi connectivity index (χ1v) is 10.6. The van der Waals surface area contributed by atoms with E-state index in [1.54, 1.807) is 38.1 Å². The molecule has 0 saturated heterocycles. The number of benzene rings is 2.